The van der Waals surface area contributed by atoms with Gasteiger partial charge in [0.1, 0.15) is 17.3 Å². The van der Waals surface area contributed by atoms with Crippen LogP contribution in [0.25, 0.3) is 5.76 Å². The number of aliphatic hydroxyl groups excluding tert-OH is 1. The third-order valence-corrected chi connectivity index (χ3v) is 5.66. The zero-order valence-electron chi connectivity index (χ0n) is 17.6. The number of hydrogen-bond donors (Lipinski definition) is 1. The lowest BCUT2D eigenvalue weighted by atomic mass is 9.95. The van der Waals surface area contributed by atoms with Gasteiger partial charge in [-0.1, -0.05) is 35.9 Å². The Hall–Kier alpha value is -4.24. The van der Waals surface area contributed by atoms with E-state index in [1.807, 2.05) is 0 Å². The fourth-order valence-corrected chi connectivity index (χ4v) is 3.96. The number of hydrogen-bond acceptors (Lipinski definition) is 6. The van der Waals surface area contributed by atoms with Crippen LogP contribution in [0.2, 0.25) is 5.02 Å². The molecule has 1 aliphatic heterocycles. The number of Topliss-reactive ketones (excluding diaryl/α,β-unsaturated/α-hetero) is 1. The molecule has 0 aromatic heterocycles. The van der Waals surface area contributed by atoms with Gasteiger partial charge in [-0.3, -0.25) is 24.6 Å². The molecule has 10 heteroatoms. The van der Waals surface area contributed by atoms with E-state index in [0.717, 1.165) is 17.0 Å². The molecule has 1 unspecified atom stereocenters. The Morgan fingerprint density at radius 3 is 2.53 bits per heavy atom. The summed E-state index contributed by atoms with van der Waals surface area (Å²) in [5.74, 6) is -2.88. The molecule has 0 spiro atoms. The van der Waals surface area contributed by atoms with Crippen molar-refractivity contribution in [2.45, 2.75) is 6.04 Å². The highest BCUT2D eigenvalue weighted by Gasteiger charge is 2.47. The van der Waals surface area contributed by atoms with Gasteiger partial charge in [0.15, 0.2) is 0 Å². The first-order chi connectivity index (χ1) is 16.2. The van der Waals surface area contributed by atoms with E-state index >= 15 is 0 Å². The lowest BCUT2D eigenvalue weighted by molar-refractivity contribution is -0.384. The number of anilines is 1. The number of halogens is 2. The first kappa shape index (κ1) is 22.9. The van der Waals surface area contributed by atoms with Crippen LogP contribution >= 0.6 is 11.6 Å². The van der Waals surface area contributed by atoms with Gasteiger partial charge in [0.05, 0.1) is 28.7 Å². The smallest absolute Gasteiger partial charge is 0.300 e. The van der Waals surface area contributed by atoms with Crippen LogP contribution in [0, 0.1) is 15.9 Å². The van der Waals surface area contributed by atoms with Crippen LogP contribution in [0.15, 0.2) is 72.3 Å². The van der Waals surface area contributed by atoms with Crippen molar-refractivity contribution in [3.63, 3.8) is 0 Å². The van der Waals surface area contributed by atoms with Crippen molar-refractivity contribution < 1.29 is 28.7 Å². The molecular formula is C24H16ClFN2O6. The predicted octanol–water partition coefficient (Wildman–Crippen LogP) is 5.02. The molecule has 4 rings (SSSR count). The standard InChI is InChI=1S/C24H16ClFN2O6/c1-34-17-7-3-4-13(11-17)21-20(22(29)14-5-2-6-16(10-14)28(32)33)23(30)24(31)27(21)15-8-9-19(26)18(25)12-15/h2-12,21,29H,1H3/b22-20+. The molecule has 1 fully saturated rings. The third kappa shape index (κ3) is 3.97. The largest absolute Gasteiger partial charge is 0.507 e. The van der Waals surface area contributed by atoms with Crippen LogP contribution in [-0.4, -0.2) is 28.8 Å². The van der Waals surface area contributed by atoms with Crippen molar-refractivity contribution in [3.8, 4) is 5.75 Å². The first-order valence-electron chi connectivity index (χ1n) is 9.87. The summed E-state index contributed by atoms with van der Waals surface area (Å²) in [6.07, 6.45) is 0. The minimum Gasteiger partial charge on any atom is -0.507 e. The average molecular weight is 483 g/mol. The fourth-order valence-electron chi connectivity index (χ4n) is 3.78. The maximum Gasteiger partial charge on any atom is 0.300 e. The second kappa shape index (κ2) is 8.95. The quantitative estimate of drug-likeness (QED) is 0.180. The highest BCUT2D eigenvalue weighted by atomic mass is 35.5. The number of carbonyl (C=O) groups excluding carboxylic acids is 2. The van der Waals surface area contributed by atoms with E-state index in [1.54, 1.807) is 24.3 Å². The van der Waals surface area contributed by atoms with Crippen molar-refractivity contribution in [2.75, 3.05) is 12.0 Å². The van der Waals surface area contributed by atoms with Crippen LogP contribution in [0.5, 0.6) is 5.75 Å². The number of carbonyl (C=O) groups is 2. The van der Waals surface area contributed by atoms with E-state index in [9.17, 15) is 29.2 Å². The molecule has 1 heterocycles. The predicted molar refractivity (Wildman–Crippen MR) is 122 cm³/mol. The minimum atomic E-state index is -1.14. The summed E-state index contributed by atoms with van der Waals surface area (Å²) in [4.78, 5) is 37.9. The highest BCUT2D eigenvalue weighted by molar-refractivity contribution is 6.51. The molecule has 1 amide bonds. The summed E-state index contributed by atoms with van der Waals surface area (Å²) in [6, 6.07) is 14.0. The van der Waals surface area contributed by atoms with Gasteiger partial charge in [-0.2, -0.15) is 0 Å². The van der Waals surface area contributed by atoms with Gasteiger partial charge in [0.2, 0.25) is 0 Å². The van der Waals surface area contributed by atoms with Gasteiger partial charge < -0.3 is 9.84 Å². The summed E-state index contributed by atoms with van der Waals surface area (Å²) in [5.41, 5.74) is -0.0802. The van der Waals surface area contributed by atoms with E-state index in [0.29, 0.717) is 11.3 Å². The molecule has 1 saturated heterocycles. The SMILES string of the molecule is COc1cccc(C2/C(=C(\O)c3cccc([N+](=O)[O-])c3)C(=O)C(=O)N2c2ccc(F)c(Cl)c2)c1. The summed E-state index contributed by atoms with van der Waals surface area (Å²) in [7, 11) is 1.44. The molecule has 34 heavy (non-hydrogen) atoms. The molecular weight excluding hydrogens is 467 g/mol. The van der Waals surface area contributed by atoms with Crippen molar-refractivity contribution in [3.05, 3.63) is 104 Å². The van der Waals surface area contributed by atoms with Gasteiger partial charge in [0.25, 0.3) is 17.4 Å². The average Bonchev–Trinajstić information content (AvgIpc) is 3.11. The topological polar surface area (TPSA) is 110 Å². The number of nitrogens with zero attached hydrogens (tertiary/aromatic N) is 2. The van der Waals surface area contributed by atoms with Crippen LogP contribution < -0.4 is 9.64 Å². The molecule has 3 aromatic rings. The van der Waals surface area contributed by atoms with E-state index in [4.69, 9.17) is 16.3 Å². The second-order valence-electron chi connectivity index (χ2n) is 7.35. The number of nitro benzene ring substituents is 1. The van der Waals surface area contributed by atoms with E-state index in [-0.39, 0.29) is 27.5 Å². The van der Waals surface area contributed by atoms with Gasteiger partial charge in [-0.15, -0.1) is 0 Å². The van der Waals surface area contributed by atoms with Crippen LogP contribution in [-0.2, 0) is 9.59 Å². The highest BCUT2D eigenvalue weighted by Crippen LogP contribution is 2.43. The number of benzene rings is 3. The third-order valence-electron chi connectivity index (χ3n) is 5.37. The molecule has 0 radical (unpaired) electrons. The fraction of sp³-hybridized carbons (Fsp3) is 0.0833. The van der Waals surface area contributed by atoms with E-state index in [2.05, 4.69) is 0 Å². The van der Waals surface area contributed by atoms with E-state index in [1.165, 1.54) is 37.4 Å². The van der Waals surface area contributed by atoms with Gasteiger partial charge in [-0.25, -0.2) is 4.39 Å². The molecule has 1 N–H and O–H groups in total. The Morgan fingerprint density at radius 2 is 1.85 bits per heavy atom. The maximum atomic E-state index is 13.8. The molecule has 0 aliphatic carbocycles. The Morgan fingerprint density at radius 1 is 1.12 bits per heavy atom. The molecule has 8 nitrogen and oxygen atoms in total. The zero-order valence-corrected chi connectivity index (χ0v) is 18.3. The zero-order chi connectivity index (χ0) is 24.6. The molecule has 0 saturated carbocycles. The maximum absolute atomic E-state index is 13.8. The normalized spacial score (nSPS) is 17.1. The number of ketones is 1. The summed E-state index contributed by atoms with van der Waals surface area (Å²) in [6.45, 7) is 0. The number of nitro groups is 1. The number of non-ortho nitro benzene ring substituents is 1. The summed E-state index contributed by atoms with van der Waals surface area (Å²) >= 11 is 5.92. The van der Waals surface area contributed by atoms with Crippen molar-refractivity contribution >= 4 is 40.4 Å². The van der Waals surface area contributed by atoms with Crippen LogP contribution in [0.1, 0.15) is 17.2 Å². The Kier molecular flexibility index (Phi) is 6.04. The van der Waals surface area contributed by atoms with Gasteiger partial charge in [-0.05, 0) is 35.9 Å². The van der Waals surface area contributed by atoms with Gasteiger partial charge >= 0.3 is 0 Å². The lowest BCUT2D eigenvalue weighted by Crippen LogP contribution is -2.29. The molecule has 172 valence electrons. The van der Waals surface area contributed by atoms with Crippen molar-refractivity contribution in [1.82, 2.24) is 0 Å². The second-order valence-corrected chi connectivity index (χ2v) is 7.76. The summed E-state index contributed by atoms with van der Waals surface area (Å²) < 4.78 is 19.0. The number of methoxy groups -OCH3 is 1. The van der Waals surface area contributed by atoms with Crippen LogP contribution in [0.4, 0.5) is 15.8 Å². The Bertz CT molecular complexity index is 1370. The number of rotatable bonds is 5. The molecule has 1 atom stereocenters. The Labute approximate surface area is 197 Å². The monoisotopic (exact) mass is 482 g/mol. The Balaban J connectivity index is 1.97. The van der Waals surface area contributed by atoms with Crippen molar-refractivity contribution in [1.29, 1.82) is 0 Å². The number of aliphatic hydroxyl groups is 1. The lowest BCUT2D eigenvalue weighted by Gasteiger charge is -2.26. The van der Waals surface area contributed by atoms with Gasteiger partial charge in [0, 0.05) is 23.4 Å². The molecule has 3 aromatic carbocycles. The summed E-state index contributed by atoms with van der Waals surface area (Å²) in [5, 5.41) is 22.0. The first-order valence-corrected chi connectivity index (χ1v) is 10.3. The molecule has 1 aliphatic rings. The van der Waals surface area contributed by atoms with Crippen LogP contribution in [0.3, 0.4) is 0 Å². The molecule has 0 bridgehead atoms. The minimum absolute atomic E-state index is 0.0164. The van der Waals surface area contributed by atoms with E-state index < -0.39 is 34.2 Å². The van der Waals surface area contributed by atoms with Crippen molar-refractivity contribution in [2.24, 2.45) is 0 Å². The number of amides is 1. The number of ether oxygens (including phenoxy) is 1.